The lowest BCUT2D eigenvalue weighted by atomic mass is 10.2. The van der Waals surface area contributed by atoms with Crippen LogP contribution in [0.1, 0.15) is 32.6 Å². The summed E-state index contributed by atoms with van der Waals surface area (Å²) in [5.74, 6) is 0. The van der Waals surface area contributed by atoms with Gasteiger partial charge in [-0.1, -0.05) is 26.2 Å². The van der Waals surface area contributed by atoms with Crippen LogP contribution in [-0.2, 0) is 0 Å². The third kappa shape index (κ3) is 7.92. The molecule has 0 aromatic rings. The highest BCUT2D eigenvalue weighted by atomic mass is 16.3. The van der Waals surface area contributed by atoms with Gasteiger partial charge in [-0.05, 0) is 6.42 Å². The Labute approximate surface area is 63.6 Å². The average molecular weight is 144 g/mol. The monoisotopic (exact) mass is 144 g/mol. The van der Waals surface area contributed by atoms with Crippen molar-refractivity contribution in [2.75, 3.05) is 19.7 Å². The predicted octanol–water partition coefficient (Wildman–Crippen LogP) is 1.16. The summed E-state index contributed by atoms with van der Waals surface area (Å²) >= 11 is 0. The summed E-state index contributed by atoms with van der Waals surface area (Å²) in [6, 6.07) is 0. The average Bonchev–Trinajstić information content (AvgIpc) is 1.97. The molecule has 0 aliphatic heterocycles. The van der Waals surface area contributed by atoms with Crippen molar-refractivity contribution in [3.8, 4) is 0 Å². The molecule has 61 valence electrons. The Morgan fingerprint density at radius 2 is 1.90 bits per heavy atom. The molecule has 0 spiro atoms. The van der Waals surface area contributed by atoms with E-state index in [-0.39, 0.29) is 6.61 Å². The molecule has 0 amide bonds. The van der Waals surface area contributed by atoms with Crippen molar-refractivity contribution in [3.63, 3.8) is 0 Å². The molecule has 0 unspecified atom stereocenters. The van der Waals surface area contributed by atoms with Crippen molar-refractivity contribution < 1.29 is 5.11 Å². The van der Waals surface area contributed by atoms with Gasteiger partial charge in [0.1, 0.15) is 0 Å². The minimum atomic E-state index is 0.202. The molecule has 1 radical (unpaired) electrons. The van der Waals surface area contributed by atoms with Crippen LogP contribution in [0.3, 0.4) is 0 Å². The Morgan fingerprint density at radius 1 is 1.10 bits per heavy atom. The van der Waals surface area contributed by atoms with E-state index in [1.54, 1.807) is 0 Å². The maximum atomic E-state index is 8.38. The van der Waals surface area contributed by atoms with Crippen LogP contribution in [0.25, 0.3) is 0 Å². The van der Waals surface area contributed by atoms with Crippen LogP contribution in [0.4, 0.5) is 0 Å². The SMILES string of the molecule is CCCCCC[N]CCO. The van der Waals surface area contributed by atoms with E-state index >= 15 is 0 Å². The molecule has 0 saturated carbocycles. The smallest absolute Gasteiger partial charge is 0.0572 e. The van der Waals surface area contributed by atoms with Crippen molar-refractivity contribution in [1.29, 1.82) is 0 Å². The van der Waals surface area contributed by atoms with Crippen molar-refractivity contribution in [2.24, 2.45) is 0 Å². The quantitative estimate of drug-likeness (QED) is 0.535. The van der Waals surface area contributed by atoms with Crippen LogP contribution in [0, 0.1) is 0 Å². The summed E-state index contributed by atoms with van der Waals surface area (Å²) in [4.78, 5) is 0. The van der Waals surface area contributed by atoms with Gasteiger partial charge >= 0.3 is 0 Å². The fraction of sp³-hybridized carbons (Fsp3) is 1.00. The number of nitrogens with zero attached hydrogens (tertiary/aromatic N) is 1. The van der Waals surface area contributed by atoms with E-state index < -0.39 is 0 Å². The predicted molar refractivity (Wildman–Crippen MR) is 43.1 cm³/mol. The molecule has 2 nitrogen and oxygen atoms in total. The molecule has 0 fully saturated rings. The van der Waals surface area contributed by atoms with E-state index in [2.05, 4.69) is 12.2 Å². The fourth-order valence-corrected chi connectivity index (χ4v) is 0.833. The van der Waals surface area contributed by atoms with Gasteiger partial charge < -0.3 is 5.11 Å². The Hall–Kier alpha value is -0.0800. The van der Waals surface area contributed by atoms with Crippen LogP contribution < -0.4 is 5.32 Å². The van der Waals surface area contributed by atoms with E-state index in [0.29, 0.717) is 6.54 Å². The first kappa shape index (κ1) is 9.92. The Balaban J connectivity index is 2.65. The summed E-state index contributed by atoms with van der Waals surface area (Å²) < 4.78 is 0. The second-order valence-electron chi connectivity index (χ2n) is 2.46. The Kier molecular flexibility index (Phi) is 8.85. The minimum absolute atomic E-state index is 0.202. The molecule has 0 bridgehead atoms. The van der Waals surface area contributed by atoms with E-state index in [0.717, 1.165) is 6.54 Å². The topological polar surface area (TPSA) is 34.3 Å². The van der Waals surface area contributed by atoms with Crippen LogP contribution >= 0.6 is 0 Å². The Bertz CT molecular complexity index is 49.2. The van der Waals surface area contributed by atoms with Gasteiger partial charge in [-0.25, -0.2) is 5.32 Å². The molecule has 2 heteroatoms. The van der Waals surface area contributed by atoms with Crippen LogP contribution in [0.2, 0.25) is 0 Å². The zero-order valence-corrected chi connectivity index (χ0v) is 6.84. The molecule has 0 rings (SSSR count). The van der Waals surface area contributed by atoms with E-state index in [1.165, 1.54) is 25.7 Å². The van der Waals surface area contributed by atoms with Gasteiger partial charge in [-0.2, -0.15) is 0 Å². The maximum absolute atomic E-state index is 8.38. The first-order valence-corrected chi connectivity index (χ1v) is 4.16. The molecule has 0 aromatic heterocycles. The summed E-state index contributed by atoms with van der Waals surface area (Å²) in [5.41, 5.74) is 0. The standard InChI is InChI=1S/C8H18NO/c1-2-3-4-5-6-9-7-8-10/h10H,2-8H2,1H3. The summed E-state index contributed by atoms with van der Waals surface area (Å²) in [6.07, 6.45) is 5.06. The lowest BCUT2D eigenvalue weighted by molar-refractivity contribution is 0.290. The fourth-order valence-electron chi connectivity index (χ4n) is 0.833. The van der Waals surface area contributed by atoms with Gasteiger partial charge in [0.2, 0.25) is 0 Å². The number of hydrogen-bond donors (Lipinski definition) is 1. The molecule has 0 aliphatic carbocycles. The van der Waals surface area contributed by atoms with Crippen LogP contribution in [-0.4, -0.2) is 24.8 Å². The summed E-state index contributed by atoms with van der Waals surface area (Å²) in [7, 11) is 0. The number of hydrogen-bond acceptors (Lipinski definition) is 1. The molecule has 0 atom stereocenters. The largest absolute Gasteiger partial charge is 0.395 e. The van der Waals surface area contributed by atoms with E-state index in [4.69, 9.17) is 5.11 Å². The van der Waals surface area contributed by atoms with Crippen molar-refractivity contribution in [3.05, 3.63) is 0 Å². The van der Waals surface area contributed by atoms with Crippen LogP contribution in [0.5, 0.6) is 0 Å². The number of rotatable bonds is 7. The van der Waals surface area contributed by atoms with Crippen molar-refractivity contribution in [2.45, 2.75) is 32.6 Å². The zero-order valence-electron chi connectivity index (χ0n) is 6.84. The minimum Gasteiger partial charge on any atom is -0.395 e. The van der Waals surface area contributed by atoms with Crippen molar-refractivity contribution in [1.82, 2.24) is 5.32 Å². The van der Waals surface area contributed by atoms with Gasteiger partial charge in [0.05, 0.1) is 6.61 Å². The first-order valence-electron chi connectivity index (χ1n) is 4.16. The van der Waals surface area contributed by atoms with E-state index in [1.807, 2.05) is 0 Å². The highest BCUT2D eigenvalue weighted by Gasteiger charge is 1.87. The van der Waals surface area contributed by atoms with E-state index in [9.17, 15) is 0 Å². The van der Waals surface area contributed by atoms with Gasteiger partial charge in [-0.15, -0.1) is 0 Å². The van der Waals surface area contributed by atoms with Crippen LogP contribution in [0.15, 0.2) is 0 Å². The molecular formula is C8H18NO. The molecule has 0 aliphatic rings. The third-order valence-corrected chi connectivity index (χ3v) is 1.43. The molecule has 0 aromatic carbocycles. The maximum Gasteiger partial charge on any atom is 0.0572 e. The van der Waals surface area contributed by atoms with Gasteiger partial charge in [0.15, 0.2) is 0 Å². The first-order chi connectivity index (χ1) is 4.91. The molecule has 1 N–H and O–H groups in total. The lowest BCUT2D eigenvalue weighted by Crippen LogP contribution is -2.11. The molecule has 0 heterocycles. The highest BCUT2D eigenvalue weighted by Crippen LogP contribution is 1.96. The molecular weight excluding hydrogens is 126 g/mol. The number of aliphatic hydroxyl groups is 1. The van der Waals surface area contributed by atoms with Crippen molar-refractivity contribution >= 4 is 0 Å². The molecule has 10 heavy (non-hydrogen) atoms. The highest BCUT2D eigenvalue weighted by molar-refractivity contribution is 4.45. The Morgan fingerprint density at radius 3 is 2.50 bits per heavy atom. The number of unbranched alkanes of at least 4 members (excludes halogenated alkanes) is 3. The number of aliphatic hydroxyl groups excluding tert-OH is 1. The van der Waals surface area contributed by atoms with Gasteiger partial charge in [-0.3, -0.25) is 0 Å². The third-order valence-electron chi connectivity index (χ3n) is 1.43. The second kappa shape index (κ2) is 8.92. The lowest BCUT2D eigenvalue weighted by Gasteiger charge is -1.98. The normalized spacial score (nSPS) is 10.2. The molecule has 0 saturated heterocycles. The summed E-state index contributed by atoms with van der Waals surface area (Å²) in [5, 5.41) is 12.5. The summed E-state index contributed by atoms with van der Waals surface area (Å²) in [6.45, 7) is 3.95. The van der Waals surface area contributed by atoms with Gasteiger partial charge in [0, 0.05) is 13.1 Å². The van der Waals surface area contributed by atoms with Gasteiger partial charge in [0.25, 0.3) is 0 Å². The second-order valence-corrected chi connectivity index (χ2v) is 2.46. The zero-order chi connectivity index (χ0) is 7.66.